The van der Waals surface area contributed by atoms with Crippen molar-refractivity contribution >= 4 is 22.6 Å². The average Bonchev–Trinajstić information content (AvgIpc) is 2.18. The number of ether oxygens (including phenoxy) is 1. The Balaban J connectivity index is 3.16. The average molecular weight is 308 g/mol. The predicted octanol–water partition coefficient (Wildman–Crippen LogP) is 3.11. The molecule has 14 heavy (non-hydrogen) atoms. The van der Waals surface area contributed by atoms with Crippen LogP contribution in [0.4, 0.5) is 8.78 Å². The summed E-state index contributed by atoms with van der Waals surface area (Å²) in [5, 5.41) is 0. The molecule has 0 fully saturated rings. The van der Waals surface area contributed by atoms with Crippen molar-refractivity contribution in [3.05, 3.63) is 27.1 Å². The fourth-order valence-corrected chi connectivity index (χ4v) is 1.53. The summed E-state index contributed by atoms with van der Waals surface area (Å²) in [6.45, 7) is 2.16. The van der Waals surface area contributed by atoms with E-state index in [1.54, 1.807) is 29.5 Å². The molecule has 0 atom stereocenters. The molecular formula is C10H7F2IO. The second-order valence-corrected chi connectivity index (χ2v) is 3.47. The highest BCUT2D eigenvalue weighted by Gasteiger charge is 2.10. The predicted molar refractivity (Wildman–Crippen MR) is 58.3 cm³/mol. The molecule has 74 valence electrons. The first-order valence-corrected chi connectivity index (χ1v) is 5.01. The summed E-state index contributed by atoms with van der Waals surface area (Å²) in [6, 6.07) is 2.98. The van der Waals surface area contributed by atoms with Gasteiger partial charge in [0.1, 0.15) is 6.17 Å². The maximum atomic E-state index is 13.4. The first-order valence-electron chi connectivity index (χ1n) is 3.93. The Morgan fingerprint density at radius 3 is 2.79 bits per heavy atom. The van der Waals surface area contributed by atoms with Gasteiger partial charge in [-0.25, -0.2) is 4.39 Å². The van der Waals surface area contributed by atoms with Crippen LogP contribution in [-0.2, 0) is 0 Å². The molecule has 1 rings (SSSR count). The molecule has 4 heteroatoms. The molecule has 0 heterocycles. The molecule has 0 spiro atoms. The lowest BCUT2D eigenvalue weighted by Crippen LogP contribution is -1.97. The van der Waals surface area contributed by atoms with Crippen LogP contribution in [0.2, 0.25) is 0 Å². The van der Waals surface area contributed by atoms with Crippen LogP contribution in [0, 0.1) is 21.5 Å². The summed E-state index contributed by atoms with van der Waals surface area (Å²) in [5.74, 6) is 1.84. The molecule has 0 saturated carbocycles. The standard InChI is InChI=1S/C10H7F2IO/c1-2-14-8-4-3-7(5-6-11)10(13)9(8)12/h3-4H,2H2,1H3. The van der Waals surface area contributed by atoms with E-state index in [1.807, 2.05) is 0 Å². The highest BCUT2D eigenvalue weighted by atomic mass is 127. The zero-order chi connectivity index (χ0) is 10.6. The van der Waals surface area contributed by atoms with E-state index in [-0.39, 0.29) is 9.32 Å². The van der Waals surface area contributed by atoms with E-state index < -0.39 is 5.82 Å². The van der Waals surface area contributed by atoms with Crippen LogP contribution in [0.5, 0.6) is 5.75 Å². The van der Waals surface area contributed by atoms with Crippen molar-refractivity contribution in [3.63, 3.8) is 0 Å². The van der Waals surface area contributed by atoms with Crippen LogP contribution in [0.15, 0.2) is 12.1 Å². The molecule has 0 N–H and O–H groups in total. The third-order valence-corrected chi connectivity index (χ3v) is 2.58. The first-order chi connectivity index (χ1) is 6.70. The Kier molecular flexibility index (Phi) is 4.14. The van der Waals surface area contributed by atoms with Gasteiger partial charge in [-0.1, -0.05) is 0 Å². The largest absolute Gasteiger partial charge is 0.491 e. The van der Waals surface area contributed by atoms with Gasteiger partial charge in [0.2, 0.25) is 0 Å². The lowest BCUT2D eigenvalue weighted by molar-refractivity contribution is 0.320. The molecular weight excluding hydrogens is 301 g/mol. The van der Waals surface area contributed by atoms with E-state index in [4.69, 9.17) is 4.74 Å². The Bertz CT molecular complexity index is 393. The van der Waals surface area contributed by atoms with Gasteiger partial charge >= 0.3 is 0 Å². The van der Waals surface area contributed by atoms with Crippen LogP contribution in [0.25, 0.3) is 0 Å². The Morgan fingerprint density at radius 2 is 2.21 bits per heavy atom. The summed E-state index contributed by atoms with van der Waals surface area (Å²) in [7, 11) is 0. The molecule has 0 unspecified atom stereocenters. The van der Waals surface area contributed by atoms with Crippen molar-refractivity contribution in [1.82, 2.24) is 0 Å². The van der Waals surface area contributed by atoms with E-state index in [2.05, 4.69) is 5.92 Å². The fraction of sp³-hybridized carbons (Fsp3) is 0.200. The Labute approximate surface area is 94.6 Å². The number of halogens is 3. The molecule has 1 aromatic rings. The van der Waals surface area contributed by atoms with Gasteiger partial charge in [0.25, 0.3) is 0 Å². The van der Waals surface area contributed by atoms with Crippen LogP contribution < -0.4 is 4.74 Å². The highest BCUT2D eigenvalue weighted by Crippen LogP contribution is 2.24. The van der Waals surface area contributed by atoms with Gasteiger partial charge in [0, 0.05) is 5.56 Å². The molecule has 0 radical (unpaired) electrons. The molecule has 1 nitrogen and oxygen atoms in total. The molecule has 0 aromatic heterocycles. The monoisotopic (exact) mass is 308 g/mol. The van der Waals surface area contributed by atoms with Crippen molar-refractivity contribution in [2.45, 2.75) is 6.92 Å². The van der Waals surface area contributed by atoms with E-state index in [1.165, 1.54) is 18.3 Å². The summed E-state index contributed by atoms with van der Waals surface area (Å²) in [4.78, 5) is 0. The van der Waals surface area contributed by atoms with E-state index in [0.29, 0.717) is 12.2 Å². The van der Waals surface area contributed by atoms with E-state index >= 15 is 0 Å². The number of hydrogen-bond acceptors (Lipinski definition) is 1. The lowest BCUT2D eigenvalue weighted by atomic mass is 10.2. The Morgan fingerprint density at radius 1 is 1.50 bits per heavy atom. The topological polar surface area (TPSA) is 9.23 Å². The zero-order valence-corrected chi connectivity index (χ0v) is 9.56. The summed E-state index contributed by atoms with van der Waals surface area (Å²) in [6.07, 6.45) is 1.24. The van der Waals surface area contributed by atoms with Crippen LogP contribution in [0.3, 0.4) is 0 Å². The highest BCUT2D eigenvalue weighted by molar-refractivity contribution is 14.1. The minimum atomic E-state index is -0.493. The Hall–Kier alpha value is -0.830. The molecule has 0 aliphatic rings. The molecule has 1 aromatic carbocycles. The fourth-order valence-electron chi connectivity index (χ4n) is 0.946. The minimum Gasteiger partial charge on any atom is -0.491 e. The smallest absolute Gasteiger partial charge is 0.179 e. The van der Waals surface area contributed by atoms with Crippen molar-refractivity contribution < 1.29 is 13.5 Å². The van der Waals surface area contributed by atoms with Gasteiger partial charge in [-0.15, -0.1) is 4.39 Å². The number of rotatable bonds is 2. The maximum Gasteiger partial charge on any atom is 0.179 e. The molecule has 0 bridgehead atoms. The van der Waals surface area contributed by atoms with Crippen molar-refractivity contribution in [2.75, 3.05) is 6.61 Å². The van der Waals surface area contributed by atoms with Gasteiger partial charge in [0.05, 0.1) is 10.2 Å². The normalized spacial score (nSPS) is 9.14. The SMILES string of the molecule is CCOc1ccc(C#CF)c(I)c1F. The van der Waals surface area contributed by atoms with Crippen LogP contribution in [0.1, 0.15) is 12.5 Å². The molecule has 0 amide bonds. The zero-order valence-electron chi connectivity index (χ0n) is 7.40. The summed E-state index contributed by atoms with van der Waals surface area (Å²) in [5.41, 5.74) is 0.328. The second kappa shape index (κ2) is 5.15. The third kappa shape index (κ3) is 2.35. The molecule has 0 saturated heterocycles. The van der Waals surface area contributed by atoms with Crippen LogP contribution in [-0.4, -0.2) is 6.61 Å². The number of benzene rings is 1. The van der Waals surface area contributed by atoms with Crippen molar-refractivity contribution in [3.8, 4) is 17.8 Å². The molecule has 0 aliphatic heterocycles. The molecule has 0 aliphatic carbocycles. The number of hydrogen-bond donors (Lipinski definition) is 0. The maximum absolute atomic E-state index is 13.4. The van der Waals surface area contributed by atoms with Gasteiger partial charge in [-0.3, -0.25) is 0 Å². The summed E-state index contributed by atoms with van der Waals surface area (Å²) < 4.78 is 30.5. The van der Waals surface area contributed by atoms with Gasteiger partial charge in [0.15, 0.2) is 11.6 Å². The van der Waals surface area contributed by atoms with Crippen molar-refractivity contribution in [1.29, 1.82) is 0 Å². The lowest BCUT2D eigenvalue weighted by Gasteiger charge is -2.06. The third-order valence-electron chi connectivity index (χ3n) is 1.53. The van der Waals surface area contributed by atoms with Gasteiger partial charge in [-0.05, 0) is 47.6 Å². The van der Waals surface area contributed by atoms with Gasteiger partial charge < -0.3 is 4.74 Å². The quantitative estimate of drug-likeness (QED) is 0.602. The second-order valence-electron chi connectivity index (χ2n) is 2.39. The first kappa shape index (κ1) is 11.2. The minimum absolute atomic E-state index is 0.168. The summed E-state index contributed by atoms with van der Waals surface area (Å²) >= 11 is 1.77. The van der Waals surface area contributed by atoms with Gasteiger partial charge in [-0.2, -0.15) is 0 Å². The van der Waals surface area contributed by atoms with E-state index in [9.17, 15) is 8.78 Å². The van der Waals surface area contributed by atoms with E-state index in [0.717, 1.165) is 0 Å². The van der Waals surface area contributed by atoms with Crippen LogP contribution >= 0.6 is 22.6 Å². The van der Waals surface area contributed by atoms with Crippen molar-refractivity contribution in [2.24, 2.45) is 0 Å².